The van der Waals surface area contributed by atoms with E-state index in [0.29, 0.717) is 23.5 Å². The Balaban J connectivity index is 1.82. The number of nitrogens with one attached hydrogen (secondary N) is 1. The summed E-state index contributed by atoms with van der Waals surface area (Å²) in [5.41, 5.74) is 3.62. The van der Waals surface area contributed by atoms with Crippen LogP contribution in [0.3, 0.4) is 0 Å². The molecular formula is C23H33N5O. The van der Waals surface area contributed by atoms with Gasteiger partial charge in [-0.2, -0.15) is 0 Å². The highest BCUT2D eigenvalue weighted by Crippen LogP contribution is 2.32. The number of piperazine rings is 1. The van der Waals surface area contributed by atoms with Crippen molar-refractivity contribution in [2.75, 3.05) is 42.9 Å². The molecule has 1 aromatic heterocycles. The molecule has 2 aromatic rings. The predicted molar refractivity (Wildman–Crippen MR) is 119 cm³/mol. The highest BCUT2D eigenvalue weighted by Gasteiger charge is 2.21. The van der Waals surface area contributed by atoms with E-state index in [1.807, 2.05) is 0 Å². The maximum atomic E-state index is 13.1. The van der Waals surface area contributed by atoms with Crippen LogP contribution in [0.4, 0.5) is 11.6 Å². The van der Waals surface area contributed by atoms with Gasteiger partial charge in [-0.3, -0.25) is 4.79 Å². The Morgan fingerprint density at radius 1 is 1.03 bits per heavy atom. The van der Waals surface area contributed by atoms with Crippen LogP contribution in [0, 0.1) is 0 Å². The molecule has 6 nitrogen and oxygen atoms in total. The average molecular weight is 396 g/mol. The third-order valence-electron chi connectivity index (χ3n) is 5.59. The molecule has 1 aliphatic heterocycles. The molecule has 1 saturated heterocycles. The normalized spacial score (nSPS) is 15.2. The van der Waals surface area contributed by atoms with E-state index in [4.69, 9.17) is 0 Å². The minimum absolute atomic E-state index is 0.184. The molecule has 3 rings (SSSR count). The number of benzene rings is 1. The van der Waals surface area contributed by atoms with E-state index in [0.717, 1.165) is 49.5 Å². The van der Waals surface area contributed by atoms with Gasteiger partial charge in [0, 0.05) is 38.1 Å². The number of amides is 1. The second kappa shape index (κ2) is 9.35. The zero-order valence-electron chi connectivity index (χ0n) is 18.3. The molecule has 29 heavy (non-hydrogen) atoms. The first kappa shape index (κ1) is 21.2. The molecule has 0 unspecified atom stereocenters. The van der Waals surface area contributed by atoms with E-state index in [-0.39, 0.29) is 5.91 Å². The number of hydrogen-bond donors (Lipinski definition) is 1. The fraction of sp³-hybridized carbons (Fsp3) is 0.522. The highest BCUT2D eigenvalue weighted by molar-refractivity contribution is 6.04. The molecule has 0 atom stereocenters. The maximum Gasteiger partial charge on any atom is 0.274 e. The van der Waals surface area contributed by atoms with Gasteiger partial charge in [-0.25, -0.2) is 9.97 Å². The monoisotopic (exact) mass is 395 g/mol. The third kappa shape index (κ3) is 4.93. The van der Waals surface area contributed by atoms with Gasteiger partial charge in [-0.05, 0) is 35.6 Å². The topological polar surface area (TPSA) is 61.4 Å². The Morgan fingerprint density at radius 2 is 1.66 bits per heavy atom. The zero-order valence-corrected chi connectivity index (χ0v) is 18.3. The third-order valence-corrected chi connectivity index (χ3v) is 5.59. The molecule has 0 bridgehead atoms. The number of para-hydroxylation sites is 1. The quantitative estimate of drug-likeness (QED) is 0.797. The number of anilines is 2. The Hall–Kier alpha value is -2.47. The number of likely N-dealkylation sites (N-methyl/N-ethyl adjacent to an activating group) is 1. The predicted octanol–water partition coefficient (Wildman–Crippen LogP) is 4.12. The fourth-order valence-electron chi connectivity index (χ4n) is 3.76. The van der Waals surface area contributed by atoms with Crippen molar-refractivity contribution < 1.29 is 4.79 Å². The molecule has 0 radical (unpaired) electrons. The summed E-state index contributed by atoms with van der Waals surface area (Å²) >= 11 is 0. The van der Waals surface area contributed by atoms with Crippen molar-refractivity contribution in [3.05, 3.63) is 47.3 Å². The van der Waals surface area contributed by atoms with E-state index in [2.05, 4.69) is 77.9 Å². The first-order valence-electron chi connectivity index (χ1n) is 10.6. The Kier molecular flexibility index (Phi) is 6.85. The first-order valence-corrected chi connectivity index (χ1v) is 10.6. The van der Waals surface area contributed by atoms with Gasteiger partial charge in [0.1, 0.15) is 5.69 Å². The van der Waals surface area contributed by atoms with E-state index >= 15 is 0 Å². The molecule has 156 valence electrons. The number of rotatable bonds is 6. The summed E-state index contributed by atoms with van der Waals surface area (Å²) in [6, 6.07) is 7.93. The van der Waals surface area contributed by atoms with E-state index in [9.17, 15) is 4.79 Å². The van der Waals surface area contributed by atoms with Gasteiger partial charge in [0.05, 0.1) is 0 Å². The van der Waals surface area contributed by atoms with Crippen LogP contribution in [0.15, 0.2) is 30.5 Å². The lowest BCUT2D eigenvalue weighted by atomic mass is 9.92. The summed E-state index contributed by atoms with van der Waals surface area (Å²) in [4.78, 5) is 26.6. The molecule has 1 aromatic carbocycles. The van der Waals surface area contributed by atoms with Crippen molar-refractivity contribution in [1.29, 1.82) is 0 Å². The summed E-state index contributed by atoms with van der Waals surface area (Å²) in [7, 11) is 0. The van der Waals surface area contributed by atoms with Crippen molar-refractivity contribution >= 4 is 17.5 Å². The van der Waals surface area contributed by atoms with Gasteiger partial charge in [0.2, 0.25) is 5.95 Å². The van der Waals surface area contributed by atoms with Crippen LogP contribution in [0.5, 0.6) is 0 Å². The summed E-state index contributed by atoms with van der Waals surface area (Å²) in [5.74, 6) is 1.09. The van der Waals surface area contributed by atoms with Crippen LogP contribution in [-0.4, -0.2) is 53.5 Å². The zero-order chi connectivity index (χ0) is 21.0. The molecule has 1 fully saturated rings. The molecule has 1 N–H and O–H groups in total. The Bertz CT molecular complexity index is 815. The number of nitrogens with zero attached hydrogens (tertiary/aromatic N) is 4. The van der Waals surface area contributed by atoms with Crippen molar-refractivity contribution in [3.8, 4) is 0 Å². The lowest BCUT2D eigenvalue weighted by Crippen LogP contribution is -2.46. The maximum absolute atomic E-state index is 13.1. The lowest BCUT2D eigenvalue weighted by Gasteiger charge is -2.34. The molecule has 1 amide bonds. The van der Waals surface area contributed by atoms with Crippen LogP contribution in [0.2, 0.25) is 0 Å². The second-order valence-corrected chi connectivity index (χ2v) is 8.24. The average Bonchev–Trinajstić information content (AvgIpc) is 2.73. The number of hydrogen-bond acceptors (Lipinski definition) is 5. The minimum atomic E-state index is -0.184. The van der Waals surface area contributed by atoms with Crippen molar-refractivity contribution in [3.63, 3.8) is 0 Å². The lowest BCUT2D eigenvalue weighted by molar-refractivity contribution is 0.102. The van der Waals surface area contributed by atoms with Crippen molar-refractivity contribution in [2.24, 2.45) is 0 Å². The number of carbonyl (C=O) groups is 1. The van der Waals surface area contributed by atoms with E-state index < -0.39 is 0 Å². The van der Waals surface area contributed by atoms with Gasteiger partial charge in [0.25, 0.3) is 5.91 Å². The van der Waals surface area contributed by atoms with Gasteiger partial charge in [0.15, 0.2) is 0 Å². The molecular weight excluding hydrogens is 362 g/mol. The standard InChI is InChI=1S/C23H33N5O/c1-6-27-12-14-28(15-13-27)23-24-11-10-20(25-23)22(29)26-21-18(16(2)3)8-7-9-19(21)17(4)5/h7-11,16-17H,6,12-15H2,1-5H3,(H,26,29). The van der Waals surface area contributed by atoms with Crippen LogP contribution >= 0.6 is 0 Å². The number of aromatic nitrogens is 2. The summed E-state index contributed by atoms with van der Waals surface area (Å²) < 4.78 is 0. The van der Waals surface area contributed by atoms with Crippen molar-refractivity contribution in [2.45, 2.75) is 46.5 Å². The largest absolute Gasteiger partial charge is 0.338 e. The van der Waals surface area contributed by atoms with Crippen molar-refractivity contribution in [1.82, 2.24) is 14.9 Å². The van der Waals surface area contributed by atoms with Gasteiger partial charge in [-0.1, -0.05) is 52.8 Å². The van der Waals surface area contributed by atoms with Gasteiger partial charge in [-0.15, -0.1) is 0 Å². The Morgan fingerprint density at radius 3 is 2.21 bits per heavy atom. The van der Waals surface area contributed by atoms with Crippen LogP contribution in [0.25, 0.3) is 0 Å². The molecule has 0 saturated carbocycles. The summed E-state index contributed by atoms with van der Waals surface area (Å²) in [6.45, 7) is 15.6. The SMILES string of the molecule is CCN1CCN(c2nccc(C(=O)Nc3c(C(C)C)cccc3C(C)C)n2)CC1. The molecule has 6 heteroatoms. The van der Waals surface area contributed by atoms with Gasteiger partial charge >= 0.3 is 0 Å². The van der Waals surface area contributed by atoms with Crippen LogP contribution in [-0.2, 0) is 0 Å². The molecule has 0 aliphatic carbocycles. The fourth-order valence-corrected chi connectivity index (χ4v) is 3.76. The van der Waals surface area contributed by atoms with E-state index in [1.54, 1.807) is 12.3 Å². The summed E-state index contributed by atoms with van der Waals surface area (Å²) in [6.07, 6.45) is 1.68. The van der Waals surface area contributed by atoms with Gasteiger partial charge < -0.3 is 15.1 Å². The smallest absolute Gasteiger partial charge is 0.274 e. The van der Waals surface area contributed by atoms with E-state index in [1.165, 1.54) is 0 Å². The molecule has 0 spiro atoms. The molecule has 1 aliphatic rings. The van der Waals surface area contributed by atoms with Crippen LogP contribution in [0.1, 0.15) is 68.1 Å². The highest BCUT2D eigenvalue weighted by atomic mass is 16.1. The first-order chi connectivity index (χ1) is 13.9. The Labute approximate surface area is 174 Å². The summed E-state index contributed by atoms with van der Waals surface area (Å²) in [5, 5.41) is 3.15. The molecule has 2 heterocycles. The minimum Gasteiger partial charge on any atom is -0.338 e. The van der Waals surface area contributed by atoms with Crippen LogP contribution < -0.4 is 10.2 Å². The second-order valence-electron chi connectivity index (χ2n) is 8.24. The number of carbonyl (C=O) groups excluding carboxylic acids is 1.